The van der Waals surface area contributed by atoms with Gasteiger partial charge in [0, 0.05) is 0 Å². The maximum Gasteiger partial charge on any atom is 0.344 e. The van der Waals surface area contributed by atoms with Gasteiger partial charge in [-0.1, -0.05) is 69.0 Å². The van der Waals surface area contributed by atoms with E-state index in [0.717, 1.165) is 22.8 Å². The van der Waals surface area contributed by atoms with Gasteiger partial charge in [-0.05, 0) is 79.8 Å². The summed E-state index contributed by atoms with van der Waals surface area (Å²) in [5.74, 6) is 2.09. The monoisotopic (exact) mass is 450 g/mol. The fraction of sp³-hybridized carbons (Fsp3) is 0.483. The quantitative estimate of drug-likeness (QED) is 0.268. The molecule has 33 heavy (non-hydrogen) atoms. The predicted octanol–water partition coefficient (Wildman–Crippen LogP) is 7.53. The van der Waals surface area contributed by atoms with E-state index in [0.29, 0.717) is 18.3 Å². The molecule has 4 nitrogen and oxygen atoms in total. The summed E-state index contributed by atoms with van der Waals surface area (Å²) in [4.78, 5) is 10.9. The third kappa shape index (κ3) is 8.27. The summed E-state index contributed by atoms with van der Waals surface area (Å²) in [5, 5.41) is 8.95. The summed E-state index contributed by atoms with van der Waals surface area (Å²) in [5.41, 5.74) is 2.12. The summed E-state index contributed by atoms with van der Waals surface area (Å²) >= 11 is 0. The predicted molar refractivity (Wildman–Crippen MR) is 134 cm³/mol. The first-order valence-corrected chi connectivity index (χ1v) is 12.4. The second kappa shape index (κ2) is 13.1. The number of hydrogen-bond acceptors (Lipinski definition) is 3. The molecule has 0 heterocycles. The zero-order valence-electron chi connectivity index (χ0n) is 20.0. The smallest absolute Gasteiger partial charge is 0.344 e. The third-order valence-corrected chi connectivity index (χ3v) is 6.56. The number of carbonyl (C=O) groups is 1. The molecule has 0 aliphatic heterocycles. The first kappa shape index (κ1) is 24.9. The molecule has 0 spiro atoms. The van der Waals surface area contributed by atoms with Gasteiger partial charge in [0.25, 0.3) is 0 Å². The second-order valence-corrected chi connectivity index (χ2v) is 9.16. The molecule has 0 amide bonds. The van der Waals surface area contributed by atoms with Gasteiger partial charge >= 0.3 is 5.97 Å². The minimum atomic E-state index is -0.977. The van der Waals surface area contributed by atoms with Gasteiger partial charge in [-0.2, -0.15) is 0 Å². The van der Waals surface area contributed by atoms with Crippen LogP contribution < -0.4 is 9.47 Å². The molecule has 3 rings (SSSR count). The Hall–Kier alpha value is -2.75. The Kier molecular flexibility index (Phi) is 9.86. The Morgan fingerprint density at radius 1 is 0.970 bits per heavy atom. The second-order valence-electron chi connectivity index (χ2n) is 9.16. The van der Waals surface area contributed by atoms with Crippen molar-refractivity contribution in [3.05, 3.63) is 60.7 Å². The fourth-order valence-corrected chi connectivity index (χ4v) is 4.47. The molecule has 0 unspecified atom stereocenters. The van der Waals surface area contributed by atoms with Crippen LogP contribution in [0.2, 0.25) is 0 Å². The lowest BCUT2D eigenvalue weighted by molar-refractivity contribution is -0.144. The molecule has 0 aromatic heterocycles. The highest BCUT2D eigenvalue weighted by Gasteiger charge is 2.18. The standard InChI is InChI=1S/C29H38O4/c1-3-4-5-7-23-9-11-24(12-10-23)8-6-21-32-27-17-13-25(14-18-27)26-15-19-28(20-16-26)33-22(2)29(30)31/h6,8,13-20,22-24H,3-5,7,9-12,21H2,1-2H3,(H,30,31)/b8-6+/t22-,23?,24?/m1/s1. The van der Waals surface area contributed by atoms with Gasteiger partial charge in [-0.15, -0.1) is 0 Å². The van der Waals surface area contributed by atoms with E-state index in [1.807, 2.05) is 36.4 Å². The molecule has 0 bridgehead atoms. The number of allylic oxidation sites excluding steroid dienone is 1. The Labute approximate surface area is 198 Å². The van der Waals surface area contributed by atoms with E-state index in [4.69, 9.17) is 14.6 Å². The molecule has 2 aromatic carbocycles. The molecule has 1 aliphatic rings. The molecule has 1 saturated carbocycles. The van der Waals surface area contributed by atoms with E-state index in [2.05, 4.69) is 19.1 Å². The van der Waals surface area contributed by atoms with Crippen molar-refractivity contribution in [2.24, 2.45) is 11.8 Å². The highest BCUT2D eigenvalue weighted by molar-refractivity contribution is 5.72. The van der Waals surface area contributed by atoms with E-state index in [-0.39, 0.29) is 0 Å². The van der Waals surface area contributed by atoms with E-state index in [1.165, 1.54) is 58.3 Å². The number of rotatable bonds is 12. The van der Waals surface area contributed by atoms with Crippen LogP contribution in [-0.2, 0) is 4.79 Å². The maximum absolute atomic E-state index is 10.9. The van der Waals surface area contributed by atoms with Crippen molar-refractivity contribution >= 4 is 5.97 Å². The van der Waals surface area contributed by atoms with Crippen molar-refractivity contribution in [1.29, 1.82) is 0 Å². The number of aliphatic carboxylic acids is 1. The van der Waals surface area contributed by atoms with Crippen molar-refractivity contribution in [2.75, 3.05) is 6.61 Å². The summed E-state index contributed by atoms with van der Waals surface area (Å²) in [6.07, 6.45) is 14.6. The SMILES string of the molecule is CCCCCC1CCC(/C=C/COc2ccc(-c3ccc(O[C@H](C)C(=O)O)cc3)cc2)CC1. The molecular formula is C29H38O4. The average molecular weight is 451 g/mol. The van der Waals surface area contributed by atoms with Gasteiger partial charge in [0.1, 0.15) is 18.1 Å². The zero-order chi connectivity index (χ0) is 23.5. The van der Waals surface area contributed by atoms with E-state index in [1.54, 1.807) is 12.1 Å². The molecule has 1 N–H and O–H groups in total. The molecule has 2 aromatic rings. The number of carboxylic acid groups (broad SMARTS) is 1. The van der Waals surface area contributed by atoms with Gasteiger partial charge in [-0.3, -0.25) is 0 Å². The van der Waals surface area contributed by atoms with Gasteiger partial charge in [0.2, 0.25) is 0 Å². The van der Waals surface area contributed by atoms with Gasteiger partial charge in [0.05, 0.1) is 0 Å². The molecule has 1 atom stereocenters. The van der Waals surface area contributed by atoms with Gasteiger partial charge in [-0.25, -0.2) is 4.79 Å². The largest absolute Gasteiger partial charge is 0.490 e. The van der Waals surface area contributed by atoms with Crippen molar-refractivity contribution in [3.63, 3.8) is 0 Å². The maximum atomic E-state index is 10.9. The van der Waals surface area contributed by atoms with Crippen LogP contribution in [0.1, 0.15) is 65.2 Å². The zero-order valence-corrected chi connectivity index (χ0v) is 20.0. The minimum Gasteiger partial charge on any atom is -0.490 e. The lowest BCUT2D eigenvalue weighted by Crippen LogP contribution is -2.22. The lowest BCUT2D eigenvalue weighted by atomic mass is 9.79. The number of unbranched alkanes of at least 4 members (excludes halogenated alkanes) is 2. The normalized spacial score (nSPS) is 19.3. The van der Waals surface area contributed by atoms with Crippen LogP contribution in [-0.4, -0.2) is 23.8 Å². The molecule has 0 saturated heterocycles. The van der Waals surface area contributed by atoms with E-state index >= 15 is 0 Å². The van der Waals surface area contributed by atoms with Gasteiger partial charge < -0.3 is 14.6 Å². The Bertz CT molecular complexity index is 861. The molecule has 1 fully saturated rings. The molecule has 0 radical (unpaired) electrons. The summed E-state index contributed by atoms with van der Waals surface area (Å²) in [7, 11) is 0. The van der Waals surface area contributed by atoms with Crippen molar-refractivity contribution in [3.8, 4) is 22.6 Å². The fourth-order valence-electron chi connectivity index (χ4n) is 4.47. The van der Waals surface area contributed by atoms with Crippen molar-refractivity contribution in [2.45, 2.75) is 71.3 Å². The third-order valence-electron chi connectivity index (χ3n) is 6.56. The van der Waals surface area contributed by atoms with Crippen LogP contribution in [0.4, 0.5) is 0 Å². The Morgan fingerprint density at radius 2 is 1.58 bits per heavy atom. The van der Waals surface area contributed by atoms with Crippen LogP contribution in [0.5, 0.6) is 11.5 Å². The van der Waals surface area contributed by atoms with Crippen LogP contribution in [0, 0.1) is 11.8 Å². The molecule has 178 valence electrons. The van der Waals surface area contributed by atoms with E-state index < -0.39 is 12.1 Å². The molecular weight excluding hydrogens is 412 g/mol. The molecule has 4 heteroatoms. The van der Waals surface area contributed by atoms with Crippen LogP contribution in [0.3, 0.4) is 0 Å². The topological polar surface area (TPSA) is 55.8 Å². The number of carboxylic acids is 1. The van der Waals surface area contributed by atoms with E-state index in [9.17, 15) is 4.79 Å². The number of benzene rings is 2. The first-order valence-electron chi connectivity index (χ1n) is 12.4. The lowest BCUT2D eigenvalue weighted by Gasteiger charge is -2.26. The van der Waals surface area contributed by atoms with Gasteiger partial charge in [0.15, 0.2) is 6.10 Å². The number of ether oxygens (including phenoxy) is 2. The summed E-state index contributed by atoms with van der Waals surface area (Å²) in [6.45, 7) is 4.40. The average Bonchev–Trinajstić information content (AvgIpc) is 2.84. The molecule has 1 aliphatic carbocycles. The summed E-state index contributed by atoms with van der Waals surface area (Å²) in [6, 6.07) is 15.5. The van der Waals surface area contributed by atoms with Crippen LogP contribution in [0.15, 0.2) is 60.7 Å². The number of hydrogen-bond donors (Lipinski definition) is 1. The summed E-state index contributed by atoms with van der Waals surface area (Å²) < 4.78 is 11.3. The highest BCUT2D eigenvalue weighted by atomic mass is 16.5. The first-order chi connectivity index (χ1) is 16.0. The highest BCUT2D eigenvalue weighted by Crippen LogP contribution is 2.32. The minimum absolute atomic E-state index is 0.547. The Balaban J connectivity index is 1.40. The van der Waals surface area contributed by atoms with Crippen LogP contribution in [0.25, 0.3) is 11.1 Å². The Morgan fingerprint density at radius 3 is 2.15 bits per heavy atom. The van der Waals surface area contributed by atoms with Crippen LogP contribution >= 0.6 is 0 Å². The van der Waals surface area contributed by atoms with Crippen molar-refractivity contribution < 1.29 is 19.4 Å². The van der Waals surface area contributed by atoms with Crippen molar-refractivity contribution in [1.82, 2.24) is 0 Å².